The lowest BCUT2D eigenvalue weighted by Gasteiger charge is -2.21. The molecule has 0 heterocycles. The molecule has 0 bridgehead atoms. The second-order valence-corrected chi connectivity index (χ2v) is 6.57. The Kier molecular flexibility index (Phi) is 5.78. The van der Waals surface area contributed by atoms with Crippen LogP contribution in [-0.2, 0) is 25.5 Å². The molecule has 1 atom stereocenters. The van der Waals surface area contributed by atoms with Crippen molar-refractivity contribution in [2.45, 2.75) is 39.7 Å². The number of aliphatic hydroxyl groups is 1. The van der Waals surface area contributed by atoms with Gasteiger partial charge in [-0.1, -0.05) is 37.3 Å². The number of esters is 2. The Bertz CT molecular complexity index is 645. The highest BCUT2D eigenvalue weighted by Crippen LogP contribution is 2.28. The summed E-state index contributed by atoms with van der Waals surface area (Å²) in [5.41, 5.74) is 1.88. The molecule has 1 aliphatic carbocycles. The minimum absolute atomic E-state index is 0.189. The molecule has 1 aliphatic rings. The van der Waals surface area contributed by atoms with Crippen LogP contribution in [0.25, 0.3) is 5.57 Å². The highest BCUT2D eigenvalue weighted by atomic mass is 16.6. The Morgan fingerprint density at radius 2 is 1.88 bits per heavy atom. The van der Waals surface area contributed by atoms with Crippen molar-refractivity contribution in [1.82, 2.24) is 0 Å². The molecule has 1 aromatic rings. The summed E-state index contributed by atoms with van der Waals surface area (Å²) in [7, 11) is 0. The minimum atomic E-state index is -1.04. The number of fused-ring (bicyclic) bond motifs is 1. The fourth-order valence-corrected chi connectivity index (χ4v) is 2.29. The number of aliphatic hydroxyl groups excluding tert-OH is 1. The summed E-state index contributed by atoms with van der Waals surface area (Å²) in [5, 5.41) is 9.85. The van der Waals surface area contributed by atoms with Crippen LogP contribution in [0.3, 0.4) is 0 Å². The van der Waals surface area contributed by atoms with Crippen molar-refractivity contribution in [3.63, 3.8) is 0 Å². The molecule has 0 saturated heterocycles. The average Bonchev–Trinajstić information content (AvgIpc) is 3.01. The second-order valence-electron chi connectivity index (χ2n) is 6.57. The molecule has 0 spiro atoms. The largest absolute Gasteiger partial charge is 0.462 e. The molecule has 24 heavy (non-hydrogen) atoms. The van der Waals surface area contributed by atoms with Gasteiger partial charge in [-0.3, -0.25) is 4.79 Å². The summed E-state index contributed by atoms with van der Waals surface area (Å²) >= 11 is 0. The molecule has 5 heteroatoms. The zero-order valence-corrected chi connectivity index (χ0v) is 14.4. The number of benzene rings is 1. The van der Waals surface area contributed by atoms with Crippen molar-refractivity contribution in [2.75, 3.05) is 13.2 Å². The molecule has 1 aromatic carbocycles. The third kappa shape index (κ3) is 4.23. The van der Waals surface area contributed by atoms with Crippen molar-refractivity contribution in [3.8, 4) is 0 Å². The first-order valence-electron chi connectivity index (χ1n) is 8.16. The predicted octanol–water partition coefficient (Wildman–Crippen LogP) is 2.51. The number of carbonyl (C=O) groups excluding carboxylic acids is 2. The maximum atomic E-state index is 12.1. The van der Waals surface area contributed by atoms with Crippen LogP contribution >= 0.6 is 0 Å². The third-order valence-corrected chi connectivity index (χ3v) is 4.30. The summed E-state index contributed by atoms with van der Waals surface area (Å²) < 4.78 is 10.2. The van der Waals surface area contributed by atoms with Gasteiger partial charge >= 0.3 is 11.9 Å². The van der Waals surface area contributed by atoms with E-state index in [2.05, 4.69) is 0 Å². The minimum Gasteiger partial charge on any atom is -0.462 e. The number of rotatable bonds is 7. The van der Waals surface area contributed by atoms with Crippen molar-refractivity contribution >= 4 is 17.5 Å². The van der Waals surface area contributed by atoms with Crippen LogP contribution in [0.15, 0.2) is 30.3 Å². The summed E-state index contributed by atoms with van der Waals surface area (Å²) in [5.74, 6) is -0.845. The van der Waals surface area contributed by atoms with Gasteiger partial charge in [0.05, 0.1) is 11.0 Å². The zero-order valence-electron chi connectivity index (χ0n) is 14.4. The molecule has 0 amide bonds. The molecular weight excluding hydrogens is 308 g/mol. The van der Waals surface area contributed by atoms with Crippen molar-refractivity contribution in [3.05, 3.63) is 41.5 Å². The second kappa shape index (κ2) is 7.62. The van der Waals surface area contributed by atoms with Gasteiger partial charge in [0.15, 0.2) is 0 Å². The van der Waals surface area contributed by atoms with Gasteiger partial charge in [0.1, 0.15) is 19.3 Å². The third-order valence-electron chi connectivity index (χ3n) is 4.30. The number of ether oxygens (including phenoxy) is 2. The lowest BCUT2D eigenvalue weighted by Crippen LogP contribution is -2.31. The first-order chi connectivity index (χ1) is 11.3. The molecule has 0 radical (unpaired) electrons. The fraction of sp³-hybridized carbons (Fsp3) is 0.474. The number of allylic oxidation sites excluding steroid dienone is 1. The summed E-state index contributed by atoms with van der Waals surface area (Å²) in [6.45, 7) is 5.06. The van der Waals surface area contributed by atoms with E-state index < -0.39 is 17.5 Å². The Balaban J connectivity index is 1.80. The van der Waals surface area contributed by atoms with Gasteiger partial charge in [0.2, 0.25) is 0 Å². The lowest BCUT2D eigenvalue weighted by atomic mass is 9.91. The standard InChI is InChI=1S/C19H24O5/c1-4-19(2,3)18(22)24-12-14(20)11-23-17(21)16-10-9-13-7-5-6-8-15(13)16/h5-8,10,14,20H,4,9,11-12H2,1-3H3. The van der Waals surface area contributed by atoms with Crippen molar-refractivity contribution in [1.29, 1.82) is 0 Å². The van der Waals surface area contributed by atoms with Crippen LogP contribution in [-0.4, -0.2) is 36.4 Å². The highest BCUT2D eigenvalue weighted by Gasteiger charge is 2.28. The normalized spacial score (nSPS) is 14.6. The maximum Gasteiger partial charge on any atom is 0.338 e. The van der Waals surface area contributed by atoms with Crippen LogP contribution in [0.2, 0.25) is 0 Å². The van der Waals surface area contributed by atoms with Crippen LogP contribution in [0.1, 0.15) is 38.3 Å². The maximum absolute atomic E-state index is 12.1. The van der Waals surface area contributed by atoms with E-state index in [0.29, 0.717) is 18.4 Å². The van der Waals surface area contributed by atoms with E-state index in [1.54, 1.807) is 13.8 Å². The van der Waals surface area contributed by atoms with E-state index in [-0.39, 0.29) is 19.2 Å². The first-order valence-corrected chi connectivity index (χ1v) is 8.16. The molecule has 1 N–H and O–H groups in total. The van der Waals surface area contributed by atoms with Crippen molar-refractivity contribution in [2.24, 2.45) is 5.41 Å². The Morgan fingerprint density at radius 1 is 1.21 bits per heavy atom. The first kappa shape index (κ1) is 18.2. The van der Waals surface area contributed by atoms with Crippen molar-refractivity contribution < 1.29 is 24.2 Å². The van der Waals surface area contributed by atoms with Crippen LogP contribution < -0.4 is 0 Å². The van der Waals surface area contributed by atoms with E-state index in [1.807, 2.05) is 37.3 Å². The van der Waals surface area contributed by atoms with E-state index >= 15 is 0 Å². The Morgan fingerprint density at radius 3 is 2.58 bits per heavy atom. The highest BCUT2D eigenvalue weighted by molar-refractivity contribution is 6.18. The predicted molar refractivity (Wildman–Crippen MR) is 90.1 cm³/mol. The lowest BCUT2D eigenvalue weighted by molar-refractivity contribution is -0.159. The molecule has 2 rings (SSSR count). The zero-order chi connectivity index (χ0) is 17.7. The molecule has 0 aromatic heterocycles. The Labute approximate surface area is 142 Å². The number of hydrogen-bond donors (Lipinski definition) is 1. The van der Waals surface area contributed by atoms with Gasteiger partial charge in [-0.25, -0.2) is 4.79 Å². The summed E-state index contributed by atoms with van der Waals surface area (Å²) in [6, 6.07) is 7.64. The molecule has 0 saturated carbocycles. The SMILES string of the molecule is CCC(C)(C)C(=O)OCC(O)COC(=O)C1=CCc2ccccc21. The quantitative estimate of drug-likeness (QED) is 0.777. The topological polar surface area (TPSA) is 72.8 Å². The molecule has 0 aliphatic heterocycles. The molecule has 0 fully saturated rings. The van der Waals surface area contributed by atoms with E-state index in [0.717, 1.165) is 11.1 Å². The number of carbonyl (C=O) groups is 2. The molecule has 5 nitrogen and oxygen atoms in total. The Hall–Kier alpha value is -2.14. The summed E-state index contributed by atoms with van der Waals surface area (Å²) in [4.78, 5) is 24.0. The number of hydrogen-bond acceptors (Lipinski definition) is 5. The van der Waals surface area contributed by atoms with Crippen LogP contribution in [0, 0.1) is 5.41 Å². The monoisotopic (exact) mass is 332 g/mol. The van der Waals surface area contributed by atoms with Gasteiger partial charge in [-0.2, -0.15) is 0 Å². The van der Waals surface area contributed by atoms with Gasteiger partial charge in [-0.15, -0.1) is 0 Å². The van der Waals surface area contributed by atoms with Gasteiger partial charge in [-0.05, 0) is 37.8 Å². The van der Waals surface area contributed by atoms with Crippen LogP contribution in [0.5, 0.6) is 0 Å². The summed E-state index contributed by atoms with van der Waals surface area (Å²) in [6.07, 6.45) is 2.13. The van der Waals surface area contributed by atoms with Gasteiger partial charge in [0, 0.05) is 0 Å². The molecule has 1 unspecified atom stereocenters. The van der Waals surface area contributed by atoms with Gasteiger partial charge in [0.25, 0.3) is 0 Å². The van der Waals surface area contributed by atoms with E-state index in [1.165, 1.54) is 0 Å². The molecular formula is C19H24O5. The van der Waals surface area contributed by atoms with E-state index in [9.17, 15) is 14.7 Å². The average molecular weight is 332 g/mol. The van der Waals surface area contributed by atoms with Crippen LogP contribution in [0.4, 0.5) is 0 Å². The smallest absolute Gasteiger partial charge is 0.338 e. The van der Waals surface area contributed by atoms with Gasteiger partial charge < -0.3 is 14.6 Å². The van der Waals surface area contributed by atoms with E-state index in [4.69, 9.17) is 9.47 Å². The fourth-order valence-electron chi connectivity index (χ4n) is 2.29. The molecule has 130 valence electrons.